The summed E-state index contributed by atoms with van der Waals surface area (Å²) in [5.41, 5.74) is 1.87. The quantitative estimate of drug-likeness (QED) is 0.365. The van der Waals surface area contributed by atoms with Crippen molar-refractivity contribution in [2.75, 3.05) is 0 Å². The van der Waals surface area contributed by atoms with E-state index < -0.39 is 27.1 Å². The minimum Gasteiger partial charge on any atom is -0.316 e. The molecular formula is C22H22N4O5S. The first kappa shape index (κ1) is 23.0. The van der Waals surface area contributed by atoms with E-state index in [-0.39, 0.29) is 5.56 Å². The van der Waals surface area contributed by atoms with E-state index in [2.05, 4.69) is 11.9 Å². The van der Waals surface area contributed by atoms with Crippen LogP contribution in [-0.2, 0) is 13.0 Å². The Balaban J connectivity index is 2.17. The first-order chi connectivity index (χ1) is 15.2. The van der Waals surface area contributed by atoms with E-state index in [1.54, 1.807) is 0 Å². The molecule has 3 rings (SSSR count). The summed E-state index contributed by atoms with van der Waals surface area (Å²) >= 11 is 1.39. The molecule has 0 saturated carbocycles. The summed E-state index contributed by atoms with van der Waals surface area (Å²) < 4.78 is 1.93. The van der Waals surface area contributed by atoms with Crippen LogP contribution in [0, 0.1) is 27.2 Å². The van der Waals surface area contributed by atoms with Gasteiger partial charge in [0.25, 0.3) is 17.3 Å². The number of hydrogen-bond acceptors (Lipinski definition) is 6. The van der Waals surface area contributed by atoms with Gasteiger partial charge < -0.3 is 4.57 Å². The average molecular weight is 455 g/mol. The summed E-state index contributed by atoms with van der Waals surface area (Å²) in [7, 11) is 0. The summed E-state index contributed by atoms with van der Waals surface area (Å²) in [6, 6.07) is 10.9. The Hall–Kier alpha value is -3.66. The summed E-state index contributed by atoms with van der Waals surface area (Å²) in [6.07, 6.45) is 1.72. The van der Waals surface area contributed by atoms with Gasteiger partial charge in [-0.3, -0.25) is 25.0 Å². The van der Waals surface area contributed by atoms with Crippen LogP contribution in [0.4, 0.5) is 11.4 Å². The van der Waals surface area contributed by atoms with Crippen molar-refractivity contribution in [1.29, 1.82) is 0 Å². The molecule has 0 aliphatic heterocycles. The Bertz CT molecular complexity index is 1230. The van der Waals surface area contributed by atoms with Gasteiger partial charge >= 0.3 is 0 Å². The van der Waals surface area contributed by atoms with Gasteiger partial charge in [-0.05, 0) is 25.8 Å². The smallest absolute Gasteiger partial charge is 0.280 e. The number of hydrogen-bond donors (Lipinski definition) is 0. The maximum absolute atomic E-state index is 12.9. The first-order valence-corrected chi connectivity index (χ1v) is 10.9. The highest BCUT2D eigenvalue weighted by Gasteiger charge is 2.21. The molecule has 1 aromatic heterocycles. The fourth-order valence-corrected chi connectivity index (χ4v) is 4.65. The maximum atomic E-state index is 12.9. The lowest BCUT2D eigenvalue weighted by Crippen LogP contribution is -2.17. The first-order valence-electron chi connectivity index (χ1n) is 10.1. The summed E-state index contributed by atoms with van der Waals surface area (Å²) in [4.78, 5) is 39.4. The van der Waals surface area contributed by atoms with Crippen molar-refractivity contribution in [3.63, 3.8) is 0 Å². The molecule has 0 unspecified atom stereocenters. The van der Waals surface area contributed by atoms with Crippen molar-refractivity contribution >= 4 is 28.6 Å². The highest BCUT2D eigenvalue weighted by molar-refractivity contribution is 7.09. The van der Waals surface area contributed by atoms with Gasteiger partial charge in [0.05, 0.1) is 27.2 Å². The molecule has 0 spiro atoms. The molecule has 9 nitrogen and oxygen atoms in total. The average Bonchev–Trinajstić information content (AvgIpc) is 3.10. The predicted molar refractivity (Wildman–Crippen MR) is 122 cm³/mol. The standard InChI is InChI=1S/C22H22N4O5S/c1-4-6-19-20(15-9-7-14(3)8-10-15)24(5-2)22(32-19)23-21(27)16-11-17(25(28)29)13-18(12-16)26(30)31/h7-13H,4-6H2,1-3H3. The number of amides is 1. The molecule has 0 saturated heterocycles. The number of carbonyl (C=O) groups is 1. The number of nitro benzene ring substituents is 2. The van der Waals surface area contributed by atoms with Gasteiger partial charge in [-0.25, -0.2) is 0 Å². The van der Waals surface area contributed by atoms with E-state index in [1.807, 2.05) is 42.7 Å². The van der Waals surface area contributed by atoms with Crippen LogP contribution in [0.5, 0.6) is 0 Å². The molecule has 0 fully saturated rings. The van der Waals surface area contributed by atoms with Crippen LogP contribution in [0.25, 0.3) is 11.3 Å². The summed E-state index contributed by atoms with van der Waals surface area (Å²) in [5.74, 6) is -0.765. The number of nitro groups is 2. The molecular weight excluding hydrogens is 432 g/mol. The molecule has 0 aliphatic carbocycles. The van der Waals surface area contributed by atoms with E-state index in [0.717, 1.165) is 52.7 Å². The maximum Gasteiger partial charge on any atom is 0.280 e. The monoisotopic (exact) mass is 454 g/mol. The zero-order chi connectivity index (χ0) is 23.4. The number of nitrogens with zero attached hydrogens (tertiary/aromatic N) is 4. The fraction of sp³-hybridized carbons (Fsp3) is 0.273. The second-order valence-electron chi connectivity index (χ2n) is 7.19. The van der Waals surface area contributed by atoms with E-state index in [1.165, 1.54) is 11.3 Å². The molecule has 32 heavy (non-hydrogen) atoms. The van der Waals surface area contributed by atoms with Crippen LogP contribution in [-0.4, -0.2) is 20.3 Å². The zero-order valence-corrected chi connectivity index (χ0v) is 18.7. The zero-order valence-electron chi connectivity index (χ0n) is 17.9. The lowest BCUT2D eigenvalue weighted by atomic mass is 10.1. The summed E-state index contributed by atoms with van der Waals surface area (Å²) in [5, 5.41) is 22.3. The highest BCUT2D eigenvalue weighted by atomic mass is 32.1. The Kier molecular flexibility index (Phi) is 6.94. The van der Waals surface area contributed by atoms with Gasteiger partial charge in [-0.15, -0.1) is 11.3 Å². The molecule has 3 aromatic rings. The van der Waals surface area contributed by atoms with Crippen molar-refractivity contribution < 1.29 is 14.6 Å². The van der Waals surface area contributed by atoms with E-state index in [9.17, 15) is 25.0 Å². The van der Waals surface area contributed by atoms with Crippen LogP contribution in [0.3, 0.4) is 0 Å². The molecule has 0 aliphatic rings. The molecule has 0 bridgehead atoms. The normalized spacial score (nSPS) is 11.5. The minimum absolute atomic E-state index is 0.198. The van der Waals surface area contributed by atoms with Gasteiger partial charge in [-0.1, -0.05) is 43.2 Å². The second-order valence-corrected chi connectivity index (χ2v) is 8.25. The van der Waals surface area contributed by atoms with Crippen molar-refractivity contribution in [2.45, 2.75) is 40.2 Å². The number of non-ortho nitro benzene ring substituents is 2. The summed E-state index contributed by atoms with van der Waals surface area (Å²) in [6.45, 7) is 6.58. The Morgan fingerprint density at radius 3 is 2.12 bits per heavy atom. The molecule has 1 heterocycles. The largest absolute Gasteiger partial charge is 0.316 e. The molecule has 0 radical (unpaired) electrons. The lowest BCUT2D eigenvalue weighted by Gasteiger charge is -2.09. The topological polar surface area (TPSA) is 121 Å². The minimum atomic E-state index is -0.768. The second kappa shape index (κ2) is 9.65. The van der Waals surface area contributed by atoms with E-state index in [4.69, 9.17) is 0 Å². The predicted octanol–water partition coefficient (Wildman–Crippen LogP) is 5.05. The van der Waals surface area contributed by atoms with Crippen LogP contribution in [0.1, 0.15) is 41.1 Å². The third-order valence-electron chi connectivity index (χ3n) is 4.87. The molecule has 0 N–H and O–H groups in total. The molecule has 2 aromatic carbocycles. The van der Waals surface area contributed by atoms with Crippen LogP contribution in [0.2, 0.25) is 0 Å². The van der Waals surface area contributed by atoms with Gasteiger partial charge in [0, 0.05) is 23.6 Å². The van der Waals surface area contributed by atoms with Crippen molar-refractivity contribution in [1.82, 2.24) is 4.57 Å². The van der Waals surface area contributed by atoms with Crippen molar-refractivity contribution in [2.24, 2.45) is 4.99 Å². The van der Waals surface area contributed by atoms with Crippen LogP contribution < -0.4 is 4.80 Å². The number of aromatic nitrogens is 1. The van der Waals surface area contributed by atoms with E-state index in [0.29, 0.717) is 11.3 Å². The Morgan fingerprint density at radius 1 is 1.03 bits per heavy atom. The van der Waals surface area contributed by atoms with Gasteiger partial charge in [0.1, 0.15) is 0 Å². The molecule has 10 heteroatoms. The Labute approximate surface area is 188 Å². The number of rotatable bonds is 7. The van der Waals surface area contributed by atoms with Gasteiger partial charge in [0.2, 0.25) is 0 Å². The van der Waals surface area contributed by atoms with Crippen LogP contribution >= 0.6 is 11.3 Å². The van der Waals surface area contributed by atoms with Crippen molar-refractivity contribution in [3.05, 3.63) is 83.5 Å². The lowest BCUT2D eigenvalue weighted by molar-refractivity contribution is -0.394. The SMILES string of the molecule is CCCc1sc(=NC(=O)c2cc([N+](=O)[O-])cc([N+](=O)[O-])c2)n(CC)c1-c1ccc(C)cc1. The third-order valence-corrected chi connectivity index (χ3v) is 6.00. The fourth-order valence-electron chi connectivity index (χ4n) is 3.34. The van der Waals surface area contributed by atoms with Gasteiger partial charge in [-0.2, -0.15) is 4.99 Å². The number of thiazole rings is 1. The van der Waals surface area contributed by atoms with Gasteiger partial charge in [0.15, 0.2) is 4.80 Å². The molecule has 166 valence electrons. The number of benzene rings is 2. The Morgan fingerprint density at radius 2 is 1.62 bits per heavy atom. The molecule has 1 amide bonds. The highest BCUT2D eigenvalue weighted by Crippen LogP contribution is 2.28. The van der Waals surface area contributed by atoms with Crippen LogP contribution in [0.15, 0.2) is 47.5 Å². The number of carbonyl (C=O) groups excluding carboxylic acids is 1. The number of aryl methyl sites for hydroxylation is 2. The van der Waals surface area contributed by atoms with E-state index >= 15 is 0 Å². The van der Waals surface area contributed by atoms with Crippen molar-refractivity contribution in [3.8, 4) is 11.3 Å². The molecule has 0 atom stereocenters. The third kappa shape index (κ3) is 4.80.